The molecule has 4 nitrogen and oxygen atoms in total. The quantitative estimate of drug-likeness (QED) is 0.125. The van der Waals surface area contributed by atoms with E-state index in [1.807, 2.05) is 6.07 Å². The number of rotatable bonds is 6. The van der Waals surface area contributed by atoms with E-state index < -0.39 is 8.07 Å². The minimum Gasteiger partial charge on any atom is -0.470 e. The summed E-state index contributed by atoms with van der Waals surface area (Å²) in [4.78, 5) is 0. The fraction of sp³-hybridized carbons (Fsp3) is 0.0385. The maximum absolute atomic E-state index is 6.83. The normalized spacial score (nSPS) is 16.1. The molecule has 3 aromatic heterocycles. The fourth-order valence-corrected chi connectivity index (χ4v) is 14.6. The zero-order chi connectivity index (χ0) is 37.5. The lowest BCUT2D eigenvalue weighted by molar-refractivity contribution is 0.256. The van der Waals surface area contributed by atoms with Gasteiger partial charge in [0, 0.05) is 39.0 Å². The Morgan fingerprint density at radius 3 is 1.86 bits per heavy atom. The first-order valence-electron chi connectivity index (χ1n) is 19.7. The van der Waals surface area contributed by atoms with E-state index in [2.05, 4.69) is 209 Å². The molecule has 7 aromatic carbocycles. The Morgan fingerprint density at radius 2 is 1.07 bits per heavy atom. The van der Waals surface area contributed by atoms with Crippen LogP contribution in [0.5, 0.6) is 5.88 Å². The van der Waals surface area contributed by atoms with Gasteiger partial charge in [-0.2, -0.15) is 0 Å². The maximum atomic E-state index is 6.83. The largest absolute Gasteiger partial charge is 0.470 e. The molecule has 0 saturated carbocycles. The number of allylic oxidation sites excluding steroid dienone is 2. The third-order valence-corrected chi connectivity index (χ3v) is 17.0. The van der Waals surface area contributed by atoms with Crippen LogP contribution in [-0.4, -0.2) is 23.3 Å². The molecule has 57 heavy (non-hydrogen) atoms. The molecule has 4 heterocycles. The van der Waals surface area contributed by atoms with E-state index in [9.17, 15) is 0 Å². The second kappa shape index (κ2) is 12.5. The van der Waals surface area contributed by atoms with Crippen molar-refractivity contribution < 1.29 is 9.15 Å². The average Bonchev–Trinajstić information content (AvgIpc) is 4.02. The molecule has 1 aliphatic heterocycles. The average molecular weight is 749 g/mol. The minimum absolute atomic E-state index is 0.0311. The molecule has 2 unspecified atom stereocenters. The number of fused-ring (bicyclic) bond motifs is 10. The molecule has 12 rings (SSSR count). The van der Waals surface area contributed by atoms with Gasteiger partial charge in [-0.3, -0.25) is 9.13 Å². The van der Waals surface area contributed by atoms with Gasteiger partial charge in [-0.05, 0) is 69.3 Å². The number of para-hydroxylation sites is 3. The third kappa shape index (κ3) is 4.60. The molecule has 0 saturated heterocycles. The van der Waals surface area contributed by atoms with Gasteiger partial charge >= 0.3 is 0 Å². The Balaban J connectivity index is 1.16. The number of hydrogen-bond acceptors (Lipinski definition) is 2. The number of aromatic nitrogens is 2. The summed E-state index contributed by atoms with van der Waals surface area (Å²) in [7, 11) is -3.00. The molecule has 0 fully saturated rings. The standard InChI is InChI=1S/C52H36N2O2Si/c1-4-17-35(18-5-1)53-46-32-31-40(34-44(46)50-43-27-12-15-30-48(43)56-52(50)53)57(37-20-6-2-7-21-37,38-22-8-3-9-23-38)39-24-16-19-36(33-39)54-45-28-13-10-25-41(45)49-42-26-11-14-29-47(42)55-51(49)54/h1-34,43,48H. The lowest BCUT2D eigenvalue weighted by atomic mass is 9.91. The lowest BCUT2D eigenvalue weighted by Gasteiger charge is -2.35. The highest BCUT2D eigenvalue weighted by atomic mass is 28.3. The molecule has 0 radical (unpaired) electrons. The molecule has 0 bridgehead atoms. The Bertz CT molecular complexity index is 3190. The van der Waals surface area contributed by atoms with E-state index in [1.54, 1.807) is 0 Å². The summed E-state index contributed by atoms with van der Waals surface area (Å²) in [5, 5.41) is 9.98. The van der Waals surface area contributed by atoms with Gasteiger partial charge in [0.1, 0.15) is 11.7 Å². The molecule has 2 atom stereocenters. The molecule has 270 valence electrons. The second-order valence-electron chi connectivity index (χ2n) is 15.2. The first kappa shape index (κ1) is 32.2. The Hall–Kier alpha value is -7.08. The minimum atomic E-state index is -3.00. The molecule has 10 aromatic rings. The van der Waals surface area contributed by atoms with E-state index in [0.717, 1.165) is 50.4 Å². The summed E-state index contributed by atoms with van der Waals surface area (Å²) in [5.41, 5.74) is 7.47. The summed E-state index contributed by atoms with van der Waals surface area (Å²) in [6.07, 6.45) is 8.74. The van der Waals surface area contributed by atoms with Crippen LogP contribution in [0.25, 0.3) is 55.2 Å². The van der Waals surface area contributed by atoms with E-state index >= 15 is 0 Å². The van der Waals surface area contributed by atoms with Gasteiger partial charge < -0.3 is 9.15 Å². The number of hydrogen-bond donors (Lipinski definition) is 0. The molecular formula is C52H36N2O2Si. The van der Waals surface area contributed by atoms with Crippen molar-refractivity contribution in [3.63, 3.8) is 0 Å². The van der Waals surface area contributed by atoms with E-state index in [-0.39, 0.29) is 12.0 Å². The van der Waals surface area contributed by atoms with Crippen molar-refractivity contribution in [1.82, 2.24) is 9.13 Å². The molecule has 0 spiro atoms. The monoisotopic (exact) mass is 748 g/mol. The van der Waals surface area contributed by atoms with Gasteiger partial charge in [0.05, 0.1) is 16.4 Å². The summed E-state index contributed by atoms with van der Waals surface area (Å²) in [6.45, 7) is 0. The first-order valence-corrected chi connectivity index (χ1v) is 21.7. The van der Waals surface area contributed by atoms with Crippen LogP contribution in [0.2, 0.25) is 0 Å². The predicted octanol–water partition coefficient (Wildman–Crippen LogP) is 9.82. The molecule has 0 N–H and O–H groups in total. The fourth-order valence-electron chi connectivity index (χ4n) is 9.84. The van der Waals surface area contributed by atoms with Crippen LogP contribution in [0.4, 0.5) is 0 Å². The van der Waals surface area contributed by atoms with Crippen molar-refractivity contribution in [3.8, 4) is 17.3 Å². The van der Waals surface area contributed by atoms with Crippen molar-refractivity contribution in [3.05, 3.63) is 212 Å². The van der Waals surface area contributed by atoms with Crippen LogP contribution < -0.4 is 25.5 Å². The van der Waals surface area contributed by atoms with E-state index in [0.29, 0.717) is 0 Å². The number of nitrogens with zero attached hydrogens (tertiary/aromatic N) is 2. The van der Waals surface area contributed by atoms with Gasteiger partial charge in [-0.25, -0.2) is 0 Å². The van der Waals surface area contributed by atoms with Crippen molar-refractivity contribution in [2.24, 2.45) is 0 Å². The number of benzene rings is 7. The van der Waals surface area contributed by atoms with Crippen LogP contribution in [0.3, 0.4) is 0 Å². The zero-order valence-electron chi connectivity index (χ0n) is 31.0. The summed E-state index contributed by atoms with van der Waals surface area (Å²) in [6, 6.07) is 66.6. The van der Waals surface area contributed by atoms with Crippen molar-refractivity contribution in [1.29, 1.82) is 0 Å². The van der Waals surface area contributed by atoms with Crippen LogP contribution in [-0.2, 0) is 0 Å². The number of furan rings is 1. The first-order chi connectivity index (χ1) is 28.3. The summed E-state index contributed by atoms with van der Waals surface area (Å²) in [5.74, 6) is 1.07. The lowest BCUT2D eigenvalue weighted by Crippen LogP contribution is -2.74. The molecule has 1 aliphatic carbocycles. The van der Waals surface area contributed by atoms with E-state index in [4.69, 9.17) is 9.15 Å². The topological polar surface area (TPSA) is 32.2 Å². The third-order valence-electron chi connectivity index (χ3n) is 12.2. The second-order valence-corrected chi connectivity index (χ2v) is 19.0. The molecule has 2 aliphatic rings. The van der Waals surface area contributed by atoms with Crippen LogP contribution in [0.1, 0.15) is 11.5 Å². The van der Waals surface area contributed by atoms with Crippen LogP contribution >= 0.6 is 0 Å². The van der Waals surface area contributed by atoms with Crippen LogP contribution in [0.15, 0.2) is 211 Å². The summed E-state index contributed by atoms with van der Waals surface area (Å²) >= 11 is 0. The Morgan fingerprint density at radius 1 is 0.456 bits per heavy atom. The van der Waals surface area contributed by atoms with Gasteiger partial charge in [-0.1, -0.05) is 158 Å². The van der Waals surface area contributed by atoms with Gasteiger partial charge in [0.15, 0.2) is 8.07 Å². The highest BCUT2D eigenvalue weighted by Crippen LogP contribution is 2.48. The molecular weight excluding hydrogens is 713 g/mol. The Kier molecular flexibility index (Phi) is 7.04. The molecule has 0 amide bonds. The van der Waals surface area contributed by atoms with E-state index in [1.165, 1.54) is 37.1 Å². The van der Waals surface area contributed by atoms with Gasteiger partial charge in [0.2, 0.25) is 11.6 Å². The highest BCUT2D eigenvalue weighted by Gasteiger charge is 2.44. The van der Waals surface area contributed by atoms with Crippen LogP contribution in [0, 0.1) is 0 Å². The zero-order valence-corrected chi connectivity index (χ0v) is 32.0. The maximum Gasteiger partial charge on any atom is 0.213 e. The predicted molar refractivity (Wildman–Crippen MR) is 236 cm³/mol. The number of ether oxygens (including phenoxy) is 1. The van der Waals surface area contributed by atoms with Crippen molar-refractivity contribution >= 4 is 72.7 Å². The smallest absolute Gasteiger partial charge is 0.213 e. The SMILES string of the molecule is C1=CC2Oc3c(c4cc([Si](c5ccccc5)(c5ccccc5)c5cccc(-n6c7ccccc7c7c8ccccc8oc76)c5)ccc4n3-c3ccccc3)C2C=C1. The van der Waals surface area contributed by atoms with Crippen molar-refractivity contribution in [2.75, 3.05) is 0 Å². The van der Waals surface area contributed by atoms with Gasteiger partial charge in [0.25, 0.3) is 0 Å². The highest BCUT2D eigenvalue weighted by molar-refractivity contribution is 7.20. The summed E-state index contributed by atoms with van der Waals surface area (Å²) < 4.78 is 18.2. The molecule has 5 heteroatoms. The Labute approximate surface area is 330 Å². The van der Waals surface area contributed by atoms with Gasteiger partial charge in [-0.15, -0.1) is 0 Å². The van der Waals surface area contributed by atoms with Crippen molar-refractivity contribution in [2.45, 2.75) is 12.0 Å².